The minimum absolute atomic E-state index is 0.180. The first-order chi connectivity index (χ1) is 9.10. The molecule has 0 aliphatic rings. The Bertz CT molecular complexity index is 619. The number of nitrogens with two attached hydrogens (primary N) is 1. The van der Waals surface area contributed by atoms with Crippen molar-refractivity contribution in [3.05, 3.63) is 58.2 Å². The Morgan fingerprint density at radius 3 is 2.84 bits per heavy atom. The molecule has 7 heteroatoms. The van der Waals surface area contributed by atoms with E-state index in [0.717, 1.165) is 18.2 Å². The molecule has 0 aliphatic heterocycles. The van der Waals surface area contributed by atoms with Crippen molar-refractivity contribution in [3.63, 3.8) is 0 Å². The quantitative estimate of drug-likeness (QED) is 0.675. The molecule has 0 radical (unpaired) electrons. The first kappa shape index (κ1) is 12.9. The number of pyridine rings is 1. The van der Waals surface area contributed by atoms with Gasteiger partial charge in [0.15, 0.2) is 0 Å². The van der Waals surface area contributed by atoms with E-state index >= 15 is 0 Å². The van der Waals surface area contributed by atoms with Crippen LogP contribution in [0.2, 0.25) is 0 Å². The SMILES string of the molecule is NCc1cncc(Oc2cc(F)ccc2[N+](=O)[O-])c1. The predicted octanol–water partition coefficient (Wildman–Crippen LogP) is 2.38. The maximum Gasteiger partial charge on any atom is 0.311 e. The van der Waals surface area contributed by atoms with Gasteiger partial charge in [-0.3, -0.25) is 15.1 Å². The normalized spacial score (nSPS) is 10.2. The van der Waals surface area contributed by atoms with E-state index in [1.54, 1.807) is 12.3 Å². The summed E-state index contributed by atoms with van der Waals surface area (Å²) < 4.78 is 18.4. The van der Waals surface area contributed by atoms with Crippen molar-refractivity contribution in [2.24, 2.45) is 5.73 Å². The molecule has 2 aromatic rings. The van der Waals surface area contributed by atoms with Crippen molar-refractivity contribution in [2.75, 3.05) is 0 Å². The molecule has 0 fully saturated rings. The first-order valence-electron chi connectivity index (χ1n) is 5.36. The molecule has 1 aromatic heterocycles. The molecular formula is C12H10FN3O3. The van der Waals surface area contributed by atoms with Gasteiger partial charge in [0.2, 0.25) is 5.75 Å². The van der Waals surface area contributed by atoms with Crippen LogP contribution in [0.1, 0.15) is 5.56 Å². The summed E-state index contributed by atoms with van der Waals surface area (Å²) in [5, 5.41) is 10.8. The van der Waals surface area contributed by atoms with E-state index in [4.69, 9.17) is 10.5 Å². The highest BCUT2D eigenvalue weighted by atomic mass is 19.1. The van der Waals surface area contributed by atoms with Gasteiger partial charge >= 0.3 is 5.69 Å². The molecule has 19 heavy (non-hydrogen) atoms. The van der Waals surface area contributed by atoms with Crippen LogP contribution in [-0.4, -0.2) is 9.91 Å². The van der Waals surface area contributed by atoms with E-state index in [1.807, 2.05) is 0 Å². The molecule has 1 aromatic carbocycles. The van der Waals surface area contributed by atoms with Crippen LogP contribution in [0.3, 0.4) is 0 Å². The van der Waals surface area contributed by atoms with Crippen LogP contribution in [0.5, 0.6) is 11.5 Å². The van der Waals surface area contributed by atoms with Crippen molar-refractivity contribution < 1.29 is 14.1 Å². The molecule has 2 N–H and O–H groups in total. The van der Waals surface area contributed by atoms with Crippen molar-refractivity contribution in [2.45, 2.75) is 6.54 Å². The fraction of sp³-hybridized carbons (Fsp3) is 0.0833. The zero-order chi connectivity index (χ0) is 13.8. The number of hydrogen-bond acceptors (Lipinski definition) is 5. The highest BCUT2D eigenvalue weighted by Gasteiger charge is 2.16. The van der Waals surface area contributed by atoms with E-state index in [9.17, 15) is 14.5 Å². The van der Waals surface area contributed by atoms with Gasteiger partial charge in [0.25, 0.3) is 0 Å². The zero-order valence-corrected chi connectivity index (χ0v) is 9.75. The number of benzene rings is 1. The molecule has 0 amide bonds. The van der Waals surface area contributed by atoms with Crippen LogP contribution >= 0.6 is 0 Å². The third-order valence-corrected chi connectivity index (χ3v) is 2.35. The Morgan fingerprint density at radius 2 is 2.16 bits per heavy atom. The molecule has 6 nitrogen and oxygen atoms in total. The molecule has 0 atom stereocenters. The van der Waals surface area contributed by atoms with Gasteiger partial charge in [-0.2, -0.15) is 0 Å². The van der Waals surface area contributed by atoms with Gasteiger partial charge in [0.1, 0.15) is 11.6 Å². The summed E-state index contributed by atoms with van der Waals surface area (Å²) in [6.45, 7) is 0.259. The number of nitro benzene ring substituents is 1. The third-order valence-electron chi connectivity index (χ3n) is 2.35. The van der Waals surface area contributed by atoms with Crippen molar-refractivity contribution in [3.8, 4) is 11.5 Å². The summed E-state index contributed by atoms with van der Waals surface area (Å²) in [5.41, 5.74) is 5.84. The molecule has 0 aliphatic carbocycles. The Morgan fingerprint density at radius 1 is 1.37 bits per heavy atom. The number of aromatic nitrogens is 1. The maximum absolute atomic E-state index is 13.1. The molecule has 0 spiro atoms. The summed E-state index contributed by atoms with van der Waals surface area (Å²) in [5.74, 6) is -0.541. The Kier molecular flexibility index (Phi) is 3.67. The number of rotatable bonds is 4. The fourth-order valence-corrected chi connectivity index (χ4v) is 1.48. The van der Waals surface area contributed by atoms with Crippen molar-refractivity contribution in [1.29, 1.82) is 0 Å². The predicted molar refractivity (Wildman–Crippen MR) is 65.3 cm³/mol. The van der Waals surface area contributed by atoms with E-state index in [-0.39, 0.29) is 23.7 Å². The molecular weight excluding hydrogens is 253 g/mol. The van der Waals surface area contributed by atoms with Gasteiger partial charge in [0.05, 0.1) is 11.1 Å². The molecule has 0 saturated carbocycles. The lowest BCUT2D eigenvalue weighted by Crippen LogP contribution is -1.98. The molecule has 1 heterocycles. The lowest BCUT2D eigenvalue weighted by Gasteiger charge is -2.07. The van der Waals surface area contributed by atoms with Crippen LogP contribution in [0.15, 0.2) is 36.7 Å². The number of nitrogens with zero attached hydrogens (tertiary/aromatic N) is 2. The zero-order valence-electron chi connectivity index (χ0n) is 9.75. The highest BCUT2D eigenvalue weighted by molar-refractivity contribution is 5.48. The Labute approximate surface area is 107 Å². The topological polar surface area (TPSA) is 91.3 Å². The van der Waals surface area contributed by atoms with Crippen LogP contribution in [0.25, 0.3) is 0 Å². The largest absolute Gasteiger partial charge is 0.448 e. The minimum Gasteiger partial charge on any atom is -0.448 e. The molecule has 2 rings (SSSR count). The second-order valence-electron chi connectivity index (χ2n) is 3.70. The van der Waals surface area contributed by atoms with Gasteiger partial charge in [-0.25, -0.2) is 4.39 Å². The lowest BCUT2D eigenvalue weighted by molar-refractivity contribution is -0.385. The van der Waals surface area contributed by atoms with E-state index < -0.39 is 10.7 Å². The van der Waals surface area contributed by atoms with Crippen LogP contribution in [-0.2, 0) is 6.54 Å². The maximum atomic E-state index is 13.1. The van der Waals surface area contributed by atoms with Crippen molar-refractivity contribution >= 4 is 5.69 Å². The molecule has 98 valence electrons. The van der Waals surface area contributed by atoms with E-state index in [1.165, 1.54) is 6.20 Å². The number of nitro groups is 1. The second-order valence-corrected chi connectivity index (χ2v) is 3.70. The smallest absolute Gasteiger partial charge is 0.311 e. The van der Waals surface area contributed by atoms with E-state index in [0.29, 0.717) is 5.56 Å². The van der Waals surface area contributed by atoms with Crippen LogP contribution in [0, 0.1) is 15.9 Å². The number of ether oxygens (including phenoxy) is 1. The summed E-state index contributed by atoms with van der Waals surface area (Å²) >= 11 is 0. The second kappa shape index (κ2) is 5.40. The van der Waals surface area contributed by atoms with Gasteiger partial charge in [-0.1, -0.05) is 0 Å². The summed E-state index contributed by atoms with van der Waals surface area (Å²) in [4.78, 5) is 14.0. The van der Waals surface area contributed by atoms with Crippen LogP contribution < -0.4 is 10.5 Å². The van der Waals surface area contributed by atoms with Gasteiger partial charge in [-0.15, -0.1) is 0 Å². The number of hydrogen-bond donors (Lipinski definition) is 1. The standard InChI is InChI=1S/C12H10FN3O3/c13-9-1-2-11(16(17)18)12(4-9)19-10-3-8(5-14)6-15-7-10/h1-4,6-7H,5,14H2. The summed E-state index contributed by atoms with van der Waals surface area (Å²) in [6, 6.07) is 4.58. The third kappa shape index (κ3) is 3.02. The van der Waals surface area contributed by atoms with Gasteiger partial charge < -0.3 is 10.5 Å². The average Bonchev–Trinajstić information content (AvgIpc) is 2.38. The Hall–Kier alpha value is -2.54. The van der Waals surface area contributed by atoms with Gasteiger partial charge in [0, 0.05) is 24.9 Å². The summed E-state index contributed by atoms with van der Waals surface area (Å²) in [7, 11) is 0. The average molecular weight is 263 g/mol. The molecule has 0 bridgehead atoms. The van der Waals surface area contributed by atoms with Crippen LogP contribution in [0.4, 0.5) is 10.1 Å². The fourth-order valence-electron chi connectivity index (χ4n) is 1.48. The molecule has 0 unspecified atom stereocenters. The Balaban J connectivity index is 2.36. The lowest BCUT2D eigenvalue weighted by atomic mass is 10.2. The highest BCUT2D eigenvalue weighted by Crippen LogP contribution is 2.31. The number of halogens is 1. The van der Waals surface area contributed by atoms with Crippen molar-refractivity contribution in [1.82, 2.24) is 4.98 Å². The first-order valence-corrected chi connectivity index (χ1v) is 5.36. The monoisotopic (exact) mass is 263 g/mol. The van der Waals surface area contributed by atoms with Gasteiger partial charge in [-0.05, 0) is 17.7 Å². The minimum atomic E-state index is -0.644. The van der Waals surface area contributed by atoms with E-state index in [2.05, 4.69) is 4.98 Å². The molecule has 0 saturated heterocycles. The summed E-state index contributed by atoms with van der Waals surface area (Å²) in [6.07, 6.45) is 2.92.